The molecule has 6 N–H and O–H groups in total. The summed E-state index contributed by atoms with van der Waals surface area (Å²) in [6.45, 7) is 21.1. The standard InChI is InChI=1S/C50H85N5O19/c1-45(2,3)71-41(59)52-31-24-30(51-40(58)50(64)26-55(27-50)44(62)74-48(10,11)12)37(70-39-35(57)38(49(13,63)28-67-39)53(14)42(60)72-46(4,5)6)34(56)36(31)69-33-20-17-18-29(68-33)25-54(43(61)73-47(7,8)9)21-23-66-32-19-15-16-22-65-32/h20,29-32,34-39,56-57,63-64H,15-19,21-28H2,1-14H3,(H,51,58)(H,52,59)/t29-,30+,31-,32?,34?,35?,36?,37?,38+,39+,49?/m0/s1. The SMILES string of the molecule is CN(C(=O)OC(C)(C)C)[C@@H]1C(O)[C@@H](OC2C(O)C(OC3=CCC[C@@H](CN(CCOC4CCCCO4)C(=O)OC(C)(C)C)O3)[C@@H](NC(=O)OC(C)(C)C)C[C@H]2NC(=O)C2(O)CN(C(=O)OC(C)(C)C)C2)OCC1(C)O. The normalized spacial score (nSPS) is 30.5. The number of rotatable bonds is 14. The first-order chi connectivity index (χ1) is 34.0. The number of likely N-dealkylation sites (tertiary alicyclic amines) is 1. The van der Waals surface area contributed by atoms with E-state index < -0.39 is 139 Å². The van der Waals surface area contributed by atoms with Gasteiger partial charge in [-0.1, -0.05) is 0 Å². The fourth-order valence-electron chi connectivity index (χ4n) is 9.04. The zero-order valence-corrected chi connectivity index (χ0v) is 45.8. The summed E-state index contributed by atoms with van der Waals surface area (Å²) in [7, 11) is 1.33. The van der Waals surface area contributed by atoms with Crippen LogP contribution in [0.25, 0.3) is 0 Å². The largest absolute Gasteiger partial charge is 0.460 e. The number of aliphatic hydroxyl groups is 4. The molecule has 1 saturated carbocycles. The Morgan fingerprint density at radius 3 is 1.99 bits per heavy atom. The Balaban J connectivity index is 1.44. The van der Waals surface area contributed by atoms with E-state index >= 15 is 0 Å². The molecule has 11 atom stereocenters. The van der Waals surface area contributed by atoms with Gasteiger partial charge in [-0.3, -0.25) is 4.79 Å². The predicted molar refractivity (Wildman–Crippen MR) is 262 cm³/mol. The Bertz CT molecular complexity index is 1960. The second-order valence-electron chi connectivity index (χ2n) is 24.1. The van der Waals surface area contributed by atoms with E-state index in [9.17, 15) is 44.4 Å². The summed E-state index contributed by atoms with van der Waals surface area (Å²) in [5.74, 6) is -1.05. The van der Waals surface area contributed by atoms with Gasteiger partial charge in [-0.05, 0) is 135 Å². The van der Waals surface area contributed by atoms with Crippen molar-refractivity contribution in [3.63, 3.8) is 0 Å². The van der Waals surface area contributed by atoms with E-state index in [1.165, 1.54) is 18.9 Å². The number of aliphatic hydroxyl groups excluding tert-OH is 2. The number of hydrogen-bond donors (Lipinski definition) is 6. The van der Waals surface area contributed by atoms with Crippen LogP contribution in [0.1, 0.15) is 129 Å². The number of amides is 5. The second-order valence-corrected chi connectivity index (χ2v) is 24.1. The lowest BCUT2D eigenvalue weighted by Crippen LogP contribution is -2.74. The molecule has 5 rings (SSSR count). The van der Waals surface area contributed by atoms with Crippen LogP contribution in [0.5, 0.6) is 0 Å². The van der Waals surface area contributed by atoms with Gasteiger partial charge in [-0.15, -0.1) is 0 Å². The van der Waals surface area contributed by atoms with E-state index in [0.717, 1.165) is 29.1 Å². The van der Waals surface area contributed by atoms with Crippen LogP contribution in [0.3, 0.4) is 0 Å². The summed E-state index contributed by atoms with van der Waals surface area (Å²) in [6, 6.07) is -3.93. The van der Waals surface area contributed by atoms with E-state index in [4.69, 9.17) is 47.4 Å². The molecule has 3 saturated heterocycles. The highest BCUT2D eigenvalue weighted by atomic mass is 16.7. The molecule has 24 heteroatoms. The van der Waals surface area contributed by atoms with Crippen LogP contribution in [-0.4, -0.2) is 213 Å². The zero-order chi connectivity index (χ0) is 55.4. The van der Waals surface area contributed by atoms with Gasteiger partial charge >= 0.3 is 24.4 Å². The minimum Gasteiger partial charge on any atom is -0.460 e. The quantitative estimate of drug-likeness (QED) is 0.136. The Hall–Kier alpha value is -4.43. The zero-order valence-electron chi connectivity index (χ0n) is 45.8. The molecule has 74 heavy (non-hydrogen) atoms. The molecular weight excluding hydrogens is 975 g/mol. The van der Waals surface area contributed by atoms with Gasteiger partial charge in [0.05, 0.1) is 51.0 Å². The highest BCUT2D eigenvalue weighted by molar-refractivity contribution is 5.89. The third kappa shape index (κ3) is 17.3. The lowest BCUT2D eigenvalue weighted by atomic mass is 9.82. The van der Waals surface area contributed by atoms with Crippen LogP contribution in [0.2, 0.25) is 0 Å². The van der Waals surface area contributed by atoms with Crippen LogP contribution >= 0.6 is 0 Å². The average Bonchev–Trinajstić information content (AvgIpc) is 3.23. The van der Waals surface area contributed by atoms with Gasteiger partial charge in [-0.2, -0.15) is 0 Å². The summed E-state index contributed by atoms with van der Waals surface area (Å²) in [5, 5.41) is 53.0. The first-order valence-corrected chi connectivity index (χ1v) is 25.6. The van der Waals surface area contributed by atoms with Crippen LogP contribution in [0.4, 0.5) is 19.2 Å². The molecule has 0 aromatic rings. The number of ether oxygens (including phenoxy) is 10. The molecule has 4 fully saturated rings. The molecule has 1 aliphatic carbocycles. The lowest BCUT2D eigenvalue weighted by Gasteiger charge is -2.51. The maximum atomic E-state index is 14.1. The third-order valence-corrected chi connectivity index (χ3v) is 12.4. The van der Waals surface area contributed by atoms with Crippen molar-refractivity contribution in [3.8, 4) is 0 Å². The highest BCUT2D eigenvalue weighted by Crippen LogP contribution is 2.36. The van der Waals surface area contributed by atoms with Gasteiger partial charge < -0.3 is 93.1 Å². The summed E-state index contributed by atoms with van der Waals surface area (Å²) >= 11 is 0. The molecule has 0 aromatic heterocycles. The van der Waals surface area contributed by atoms with Crippen molar-refractivity contribution in [3.05, 3.63) is 12.0 Å². The average molecular weight is 1060 g/mol. The topological polar surface area (TPSA) is 292 Å². The number of alkyl carbamates (subject to hydrolysis) is 1. The van der Waals surface area contributed by atoms with Gasteiger partial charge in [-0.25, -0.2) is 19.2 Å². The van der Waals surface area contributed by atoms with E-state index in [1.807, 2.05) is 0 Å². The molecule has 24 nitrogen and oxygen atoms in total. The molecule has 5 amide bonds. The van der Waals surface area contributed by atoms with E-state index in [-0.39, 0.29) is 38.4 Å². The van der Waals surface area contributed by atoms with Crippen molar-refractivity contribution in [1.29, 1.82) is 0 Å². The van der Waals surface area contributed by atoms with Gasteiger partial charge in [0.2, 0.25) is 0 Å². The first kappa shape index (κ1) is 60.4. The number of β-amino-alcohol motifs (C(OH)–C–C–N with tert-alkyl or cyclic N) is 1. The van der Waals surface area contributed by atoms with Crippen LogP contribution in [0, 0.1) is 0 Å². The molecule has 0 aromatic carbocycles. The number of hydrogen-bond acceptors (Lipinski definition) is 19. The molecule has 5 aliphatic rings. The minimum absolute atomic E-state index is 0.0466. The molecule has 0 spiro atoms. The van der Waals surface area contributed by atoms with Gasteiger partial charge in [0.1, 0.15) is 52.4 Å². The Morgan fingerprint density at radius 1 is 0.784 bits per heavy atom. The Kier molecular flexibility index (Phi) is 19.5. The van der Waals surface area contributed by atoms with Gasteiger partial charge in [0, 0.05) is 20.2 Å². The van der Waals surface area contributed by atoms with Crippen molar-refractivity contribution in [2.24, 2.45) is 0 Å². The van der Waals surface area contributed by atoms with Crippen molar-refractivity contribution >= 4 is 30.3 Å². The minimum atomic E-state index is -2.13. The summed E-state index contributed by atoms with van der Waals surface area (Å²) in [5.41, 5.74) is -7.58. The predicted octanol–water partition coefficient (Wildman–Crippen LogP) is 3.39. The number of carbonyl (C=O) groups excluding carboxylic acids is 5. The maximum Gasteiger partial charge on any atom is 0.410 e. The smallest absolute Gasteiger partial charge is 0.410 e. The van der Waals surface area contributed by atoms with Crippen molar-refractivity contribution in [2.75, 3.05) is 53.0 Å². The number of allylic oxidation sites excluding steroid dienone is 1. The molecule has 0 radical (unpaired) electrons. The number of nitrogens with one attached hydrogen (secondary N) is 2. The third-order valence-electron chi connectivity index (χ3n) is 12.4. The van der Waals surface area contributed by atoms with Crippen LogP contribution in [0.15, 0.2) is 12.0 Å². The summed E-state index contributed by atoms with van der Waals surface area (Å²) in [6.07, 6.45) is -7.76. The molecule has 4 heterocycles. The maximum absolute atomic E-state index is 14.1. The second kappa shape index (κ2) is 23.9. The molecule has 0 bridgehead atoms. The molecule has 6 unspecified atom stereocenters. The van der Waals surface area contributed by atoms with E-state index in [2.05, 4.69) is 10.6 Å². The fraction of sp³-hybridized carbons (Fsp3) is 0.860. The van der Waals surface area contributed by atoms with Crippen LogP contribution < -0.4 is 10.6 Å². The van der Waals surface area contributed by atoms with Crippen LogP contribution in [-0.2, 0) is 52.2 Å². The Morgan fingerprint density at radius 2 is 1.39 bits per heavy atom. The monoisotopic (exact) mass is 1060 g/mol. The van der Waals surface area contributed by atoms with Crippen molar-refractivity contribution in [1.82, 2.24) is 25.3 Å². The fourth-order valence-corrected chi connectivity index (χ4v) is 9.04. The van der Waals surface area contributed by atoms with Crippen molar-refractivity contribution in [2.45, 2.75) is 223 Å². The molecule has 4 aliphatic heterocycles. The van der Waals surface area contributed by atoms with Crippen molar-refractivity contribution < 1.29 is 91.8 Å². The first-order valence-electron chi connectivity index (χ1n) is 25.6. The summed E-state index contributed by atoms with van der Waals surface area (Å²) in [4.78, 5) is 71.1. The van der Waals surface area contributed by atoms with Gasteiger partial charge in [0.15, 0.2) is 24.3 Å². The lowest BCUT2D eigenvalue weighted by molar-refractivity contribution is -0.307. The molecular formula is C50H85N5O19. The number of likely N-dealkylation sites (N-methyl/N-ethyl adjacent to an activating group) is 1. The van der Waals surface area contributed by atoms with E-state index in [0.29, 0.717) is 19.4 Å². The summed E-state index contributed by atoms with van der Waals surface area (Å²) < 4.78 is 59.1. The Labute approximate surface area is 434 Å². The number of carbonyl (C=O) groups is 5. The highest BCUT2D eigenvalue weighted by Gasteiger charge is 2.57. The number of nitrogens with zero attached hydrogens (tertiary/aromatic N) is 3. The van der Waals surface area contributed by atoms with Gasteiger partial charge in [0.25, 0.3) is 11.9 Å². The van der Waals surface area contributed by atoms with E-state index in [1.54, 1.807) is 89.2 Å². The molecule has 424 valence electrons.